The third-order valence-electron chi connectivity index (χ3n) is 2.00. The summed E-state index contributed by atoms with van der Waals surface area (Å²) in [6.07, 6.45) is 1.58. The zero-order valence-corrected chi connectivity index (χ0v) is 9.53. The Labute approximate surface area is 90.0 Å². The Kier molecular flexibility index (Phi) is 3.77. The van der Waals surface area contributed by atoms with E-state index in [1.165, 1.54) is 0 Å². The molecule has 0 aliphatic carbocycles. The predicted octanol–water partition coefficient (Wildman–Crippen LogP) is 1.87. The zero-order chi connectivity index (χ0) is 11.4. The van der Waals surface area contributed by atoms with E-state index in [2.05, 4.69) is 30.7 Å². The van der Waals surface area contributed by atoms with E-state index in [0.717, 1.165) is 24.0 Å². The predicted molar refractivity (Wildman–Crippen MR) is 58.8 cm³/mol. The Balaban J connectivity index is 2.99. The van der Waals surface area contributed by atoms with Gasteiger partial charge in [0.05, 0.1) is 12.2 Å². The first-order valence-electron chi connectivity index (χ1n) is 5.06. The third kappa shape index (κ3) is 3.01. The van der Waals surface area contributed by atoms with Gasteiger partial charge in [0.2, 0.25) is 0 Å². The number of hydrogen-bond acceptors (Lipinski definition) is 3. The number of carbonyl (C=O) groups is 1. The largest absolute Gasteiger partial charge is 0.296 e. The molecule has 0 saturated carbocycles. The molecule has 1 aromatic heterocycles. The fourth-order valence-corrected chi connectivity index (χ4v) is 1.42. The molecular formula is C11H17N3O. The van der Waals surface area contributed by atoms with Crippen LogP contribution in [0.5, 0.6) is 0 Å². The lowest BCUT2D eigenvalue weighted by Crippen LogP contribution is -2.09. The maximum Gasteiger partial charge on any atom is 0.172 e. The maximum absolute atomic E-state index is 10.8. The smallest absolute Gasteiger partial charge is 0.172 e. The Morgan fingerprint density at radius 2 is 2.27 bits per heavy atom. The van der Waals surface area contributed by atoms with Crippen LogP contribution in [0.1, 0.15) is 37.0 Å². The zero-order valence-electron chi connectivity index (χ0n) is 9.53. The molecule has 0 aliphatic rings. The minimum absolute atomic E-state index is 0.449. The number of aromatic nitrogens is 3. The second kappa shape index (κ2) is 4.87. The monoisotopic (exact) mass is 207 g/mol. The molecule has 0 atom stereocenters. The standard InChI is InChI=1S/C11H17N3O/c1-8(2)5-11-10(7-15)12-13-14(11)6-9(3)4/h7-8H,3,5-6H2,1-2,4H3. The van der Waals surface area contributed by atoms with Crippen molar-refractivity contribution in [2.45, 2.75) is 33.7 Å². The van der Waals surface area contributed by atoms with Gasteiger partial charge in [0.1, 0.15) is 5.69 Å². The first kappa shape index (κ1) is 11.6. The molecule has 1 heterocycles. The molecule has 0 saturated heterocycles. The van der Waals surface area contributed by atoms with Crippen LogP contribution in [0.25, 0.3) is 0 Å². The first-order valence-corrected chi connectivity index (χ1v) is 5.06. The summed E-state index contributed by atoms with van der Waals surface area (Å²) in [5.74, 6) is 0.478. The van der Waals surface area contributed by atoms with Crippen LogP contribution >= 0.6 is 0 Å². The summed E-state index contributed by atoms with van der Waals surface area (Å²) in [6.45, 7) is 10.6. The van der Waals surface area contributed by atoms with Gasteiger partial charge in [-0.15, -0.1) is 5.10 Å². The van der Waals surface area contributed by atoms with Crippen molar-refractivity contribution in [3.05, 3.63) is 23.5 Å². The molecule has 1 rings (SSSR count). The SMILES string of the molecule is C=C(C)Cn1nnc(C=O)c1CC(C)C. The van der Waals surface area contributed by atoms with Gasteiger partial charge in [-0.3, -0.25) is 4.79 Å². The summed E-state index contributed by atoms with van der Waals surface area (Å²) in [6, 6.07) is 0. The Morgan fingerprint density at radius 3 is 2.73 bits per heavy atom. The molecule has 0 spiro atoms. The highest BCUT2D eigenvalue weighted by molar-refractivity contribution is 5.73. The highest BCUT2D eigenvalue weighted by Crippen LogP contribution is 2.11. The molecule has 82 valence electrons. The Morgan fingerprint density at radius 1 is 1.60 bits per heavy atom. The van der Waals surface area contributed by atoms with E-state index in [1.54, 1.807) is 4.68 Å². The molecule has 0 N–H and O–H groups in total. The van der Waals surface area contributed by atoms with Gasteiger partial charge in [-0.2, -0.15) is 0 Å². The number of hydrogen-bond donors (Lipinski definition) is 0. The van der Waals surface area contributed by atoms with Gasteiger partial charge in [-0.1, -0.05) is 31.2 Å². The summed E-state index contributed by atoms with van der Waals surface area (Å²) >= 11 is 0. The van der Waals surface area contributed by atoms with Crippen molar-refractivity contribution in [1.29, 1.82) is 0 Å². The molecule has 4 heteroatoms. The van der Waals surface area contributed by atoms with E-state index in [0.29, 0.717) is 18.2 Å². The number of rotatable bonds is 5. The lowest BCUT2D eigenvalue weighted by molar-refractivity contribution is 0.111. The average Bonchev–Trinajstić information content (AvgIpc) is 2.47. The molecule has 0 radical (unpaired) electrons. The molecule has 0 bridgehead atoms. The summed E-state index contributed by atoms with van der Waals surface area (Å²) in [5.41, 5.74) is 2.36. The van der Waals surface area contributed by atoms with E-state index < -0.39 is 0 Å². The molecule has 1 aromatic rings. The number of carbonyl (C=O) groups excluding carboxylic acids is 1. The summed E-state index contributed by atoms with van der Waals surface area (Å²) < 4.78 is 1.76. The first-order chi connectivity index (χ1) is 7.04. The molecule has 4 nitrogen and oxygen atoms in total. The van der Waals surface area contributed by atoms with Crippen molar-refractivity contribution in [3.8, 4) is 0 Å². The van der Waals surface area contributed by atoms with E-state index in [9.17, 15) is 4.79 Å². The van der Waals surface area contributed by atoms with Gasteiger partial charge in [-0.05, 0) is 19.3 Å². The highest BCUT2D eigenvalue weighted by atomic mass is 16.1. The van der Waals surface area contributed by atoms with Gasteiger partial charge < -0.3 is 0 Å². The third-order valence-corrected chi connectivity index (χ3v) is 2.00. The highest BCUT2D eigenvalue weighted by Gasteiger charge is 2.13. The number of nitrogens with zero attached hydrogens (tertiary/aromatic N) is 3. The fraction of sp³-hybridized carbons (Fsp3) is 0.545. The van der Waals surface area contributed by atoms with Gasteiger partial charge in [0, 0.05) is 0 Å². The molecule has 0 amide bonds. The van der Waals surface area contributed by atoms with Crippen molar-refractivity contribution < 1.29 is 4.79 Å². The summed E-state index contributed by atoms with van der Waals surface area (Å²) in [4.78, 5) is 10.8. The molecule has 0 unspecified atom stereocenters. The Bertz CT molecular complexity index is 366. The van der Waals surface area contributed by atoms with E-state index in [4.69, 9.17) is 0 Å². The van der Waals surface area contributed by atoms with Crippen LogP contribution in [-0.2, 0) is 13.0 Å². The van der Waals surface area contributed by atoms with Crippen LogP contribution < -0.4 is 0 Å². The molecule has 0 aliphatic heterocycles. The van der Waals surface area contributed by atoms with Crippen LogP contribution in [0.2, 0.25) is 0 Å². The van der Waals surface area contributed by atoms with Crippen molar-refractivity contribution in [2.24, 2.45) is 5.92 Å². The van der Waals surface area contributed by atoms with Gasteiger partial charge in [-0.25, -0.2) is 4.68 Å². The Hall–Kier alpha value is -1.45. The van der Waals surface area contributed by atoms with Crippen LogP contribution in [0.15, 0.2) is 12.2 Å². The quantitative estimate of drug-likeness (QED) is 0.547. The molecular weight excluding hydrogens is 190 g/mol. The van der Waals surface area contributed by atoms with Crippen molar-refractivity contribution in [3.63, 3.8) is 0 Å². The lowest BCUT2D eigenvalue weighted by atomic mass is 10.1. The molecule has 0 fully saturated rings. The van der Waals surface area contributed by atoms with E-state index >= 15 is 0 Å². The summed E-state index contributed by atoms with van der Waals surface area (Å²) in [5, 5.41) is 7.80. The minimum atomic E-state index is 0.449. The van der Waals surface area contributed by atoms with E-state index in [-0.39, 0.29) is 0 Å². The number of allylic oxidation sites excluding steroid dienone is 1. The topological polar surface area (TPSA) is 47.8 Å². The van der Waals surface area contributed by atoms with Crippen LogP contribution in [-0.4, -0.2) is 21.3 Å². The van der Waals surface area contributed by atoms with Gasteiger partial charge in [0.15, 0.2) is 6.29 Å². The van der Waals surface area contributed by atoms with E-state index in [1.807, 2.05) is 6.92 Å². The maximum atomic E-state index is 10.8. The molecule has 0 aromatic carbocycles. The minimum Gasteiger partial charge on any atom is -0.296 e. The van der Waals surface area contributed by atoms with Crippen LogP contribution in [0, 0.1) is 5.92 Å². The van der Waals surface area contributed by atoms with Gasteiger partial charge in [0.25, 0.3) is 0 Å². The lowest BCUT2D eigenvalue weighted by Gasteiger charge is -2.08. The summed E-state index contributed by atoms with van der Waals surface area (Å²) in [7, 11) is 0. The second-order valence-electron chi connectivity index (χ2n) is 4.25. The van der Waals surface area contributed by atoms with Crippen LogP contribution in [0.3, 0.4) is 0 Å². The number of aldehydes is 1. The van der Waals surface area contributed by atoms with Crippen LogP contribution in [0.4, 0.5) is 0 Å². The average molecular weight is 207 g/mol. The molecule has 15 heavy (non-hydrogen) atoms. The second-order valence-corrected chi connectivity index (χ2v) is 4.25. The fourth-order valence-electron chi connectivity index (χ4n) is 1.42. The van der Waals surface area contributed by atoms with Crippen molar-refractivity contribution in [2.75, 3.05) is 0 Å². The van der Waals surface area contributed by atoms with Crippen molar-refractivity contribution >= 4 is 6.29 Å². The van der Waals surface area contributed by atoms with Gasteiger partial charge >= 0.3 is 0 Å². The van der Waals surface area contributed by atoms with Crippen molar-refractivity contribution in [1.82, 2.24) is 15.0 Å². The normalized spacial score (nSPS) is 10.7.